The highest BCUT2D eigenvalue weighted by Gasteiger charge is 2.19. The molecule has 0 spiro atoms. The second-order valence-electron chi connectivity index (χ2n) is 3.15. The normalized spacial score (nSPS) is 23.2. The first kappa shape index (κ1) is 7.10. The fraction of sp³-hybridized carbons (Fsp3) is 0.625. The van der Waals surface area contributed by atoms with Crippen LogP contribution in [0.4, 0.5) is 5.13 Å². The van der Waals surface area contributed by atoms with E-state index in [0.717, 1.165) is 5.13 Å². The molecule has 0 bridgehead atoms. The van der Waals surface area contributed by atoms with Crippen molar-refractivity contribution in [3.8, 4) is 0 Å². The molecule has 11 heavy (non-hydrogen) atoms. The van der Waals surface area contributed by atoms with Gasteiger partial charge in [0.05, 0.1) is 5.69 Å². The number of anilines is 1. The molecule has 0 saturated heterocycles. The number of aryl methyl sites for hydroxylation is 1. The Morgan fingerprint density at radius 1 is 1.64 bits per heavy atom. The van der Waals surface area contributed by atoms with Crippen LogP contribution in [0, 0.1) is 0 Å². The van der Waals surface area contributed by atoms with Gasteiger partial charge in [-0.15, -0.1) is 11.3 Å². The predicted molar refractivity (Wildman–Crippen MR) is 47.9 cm³/mol. The smallest absolute Gasteiger partial charge is 0.180 e. The van der Waals surface area contributed by atoms with Gasteiger partial charge in [0.25, 0.3) is 0 Å². The molecule has 1 aliphatic rings. The minimum atomic E-state index is 0.632. The molecule has 2 N–H and O–H groups in total. The molecular weight excluding hydrogens is 156 g/mol. The van der Waals surface area contributed by atoms with Crippen molar-refractivity contribution in [1.82, 2.24) is 4.98 Å². The molecule has 0 saturated carbocycles. The lowest BCUT2D eigenvalue weighted by atomic mass is 9.93. The maximum absolute atomic E-state index is 5.63. The number of hydrogen-bond donors (Lipinski definition) is 1. The maximum atomic E-state index is 5.63. The molecule has 0 unspecified atom stereocenters. The van der Waals surface area contributed by atoms with E-state index < -0.39 is 0 Å². The highest BCUT2D eigenvalue weighted by molar-refractivity contribution is 7.15. The van der Waals surface area contributed by atoms with Crippen LogP contribution in [-0.2, 0) is 6.42 Å². The fourth-order valence-corrected chi connectivity index (χ4v) is 2.65. The van der Waals surface area contributed by atoms with E-state index in [1.807, 2.05) is 0 Å². The standard InChI is InChI=1S/C8H12N2S/c1-5-3-2-4-6-7(5)10-8(9)11-6/h5H,2-4H2,1H3,(H2,9,10)/t5-/m0/s1. The number of rotatable bonds is 0. The predicted octanol–water partition coefficient (Wildman–Crippen LogP) is 2.17. The third-order valence-corrected chi connectivity index (χ3v) is 3.21. The molecule has 0 aromatic carbocycles. The van der Waals surface area contributed by atoms with E-state index in [9.17, 15) is 0 Å². The van der Waals surface area contributed by atoms with Gasteiger partial charge in [0, 0.05) is 4.88 Å². The monoisotopic (exact) mass is 168 g/mol. The zero-order chi connectivity index (χ0) is 7.84. The van der Waals surface area contributed by atoms with Crippen LogP contribution in [0.1, 0.15) is 36.3 Å². The molecular formula is C8H12N2S. The zero-order valence-corrected chi connectivity index (χ0v) is 7.45. The number of nitrogen functional groups attached to an aromatic ring is 1. The van der Waals surface area contributed by atoms with Gasteiger partial charge in [-0.2, -0.15) is 0 Å². The van der Waals surface area contributed by atoms with Crippen LogP contribution < -0.4 is 5.73 Å². The van der Waals surface area contributed by atoms with E-state index >= 15 is 0 Å². The summed E-state index contributed by atoms with van der Waals surface area (Å²) in [5, 5.41) is 0.740. The summed E-state index contributed by atoms with van der Waals surface area (Å²) >= 11 is 1.66. The average Bonchev–Trinajstić information content (AvgIpc) is 2.31. The van der Waals surface area contributed by atoms with Crippen molar-refractivity contribution in [1.29, 1.82) is 0 Å². The van der Waals surface area contributed by atoms with E-state index in [1.165, 1.54) is 29.8 Å². The average molecular weight is 168 g/mol. The van der Waals surface area contributed by atoms with Crippen molar-refractivity contribution in [2.45, 2.75) is 32.1 Å². The van der Waals surface area contributed by atoms with Gasteiger partial charge in [-0.25, -0.2) is 4.98 Å². The van der Waals surface area contributed by atoms with Gasteiger partial charge in [-0.05, 0) is 25.2 Å². The van der Waals surface area contributed by atoms with Crippen molar-refractivity contribution in [3.05, 3.63) is 10.6 Å². The number of fused-ring (bicyclic) bond motifs is 1. The van der Waals surface area contributed by atoms with Crippen molar-refractivity contribution in [3.63, 3.8) is 0 Å². The quantitative estimate of drug-likeness (QED) is 0.644. The fourth-order valence-electron chi connectivity index (χ4n) is 1.65. The summed E-state index contributed by atoms with van der Waals surface area (Å²) in [6.45, 7) is 2.23. The maximum Gasteiger partial charge on any atom is 0.180 e. The Labute approximate surface area is 70.5 Å². The summed E-state index contributed by atoms with van der Waals surface area (Å²) in [4.78, 5) is 5.75. The number of nitrogens with two attached hydrogens (primary N) is 1. The lowest BCUT2D eigenvalue weighted by Crippen LogP contribution is -2.04. The van der Waals surface area contributed by atoms with Gasteiger partial charge in [-0.3, -0.25) is 0 Å². The highest BCUT2D eigenvalue weighted by Crippen LogP contribution is 2.34. The van der Waals surface area contributed by atoms with E-state index in [1.54, 1.807) is 11.3 Å². The van der Waals surface area contributed by atoms with Gasteiger partial charge in [-0.1, -0.05) is 6.92 Å². The Balaban J connectivity index is 2.43. The summed E-state index contributed by atoms with van der Waals surface area (Å²) in [6, 6.07) is 0. The Kier molecular flexibility index (Phi) is 1.60. The summed E-state index contributed by atoms with van der Waals surface area (Å²) in [5.41, 5.74) is 6.89. The summed E-state index contributed by atoms with van der Waals surface area (Å²) in [6.07, 6.45) is 3.76. The Morgan fingerprint density at radius 2 is 2.45 bits per heavy atom. The number of hydrogen-bond acceptors (Lipinski definition) is 3. The minimum Gasteiger partial charge on any atom is -0.375 e. The third-order valence-electron chi connectivity index (χ3n) is 2.25. The topological polar surface area (TPSA) is 38.9 Å². The van der Waals surface area contributed by atoms with Gasteiger partial charge in [0.2, 0.25) is 0 Å². The minimum absolute atomic E-state index is 0.632. The van der Waals surface area contributed by atoms with Gasteiger partial charge in [0.1, 0.15) is 0 Å². The largest absolute Gasteiger partial charge is 0.375 e. The van der Waals surface area contributed by atoms with E-state index in [0.29, 0.717) is 5.92 Å². The van der Waals surface area contributed by atoms with E-state index in [4.69, 9.17) is 5.73 Å². The van der Waals surface area contributed by atoms with Gasteiger partial charge in [0.15, 0.2) is 5.13 Å². The van der Waals surface area contributed by atoms with Crippen LogP contribution in [0.3, 0.4) is 0 Å². The number of nitrogens with zero attached hydrogens (tertiary/aromatic N) is 1. The molecule has 0 radical (unpaired) electrons. The Hall–Kier alpha value is -0.570. The van der Waals surface area contributed by atoms with Crippen molar-refractivity contribution in [2.24, 2.45) is 0 Å². The highest BCUT2D eigenvalue weighted by atomic mass is 32.1. The van der Waals surface area contributed by atoms with Crippen molar-refractivity contribution >= 4 is 16.5 Å². The molecule has 1 atom stereocenters. The molecule has 0 fully saturated rings. The molecule has 3 heteroatoms. The second kappa shape index (κ2) is 2.48. The molecule has 1 heterocycles. The second-order valence-corrected chi connectivity index (χ2v) is 4.27. The number of aromatic nitrogens is 1. The van der Waals surface area contributed by atoms with Crippen LogP contribution in [-0.4, -0.2) is 4.98 Å². The van der Waals surface area contributed by atoms with Gasteiger partial charge < -0.3 is 5.73 Å². The van der Waals surface area contributed by atoms with E-state index in [2.05, 4.69) is 11.9 Å². The zero-order valence-electron chi connectivity index (χ0n) is 6.63. The van der Waals surface area contributed by atoms with Crippen LogP contribution in [0.15, 0.2) is 0 Å². The first-order valence-corrected chi connectivity index (χ1v) is 4.84. The summed E-state index contributed by atoms with van der Waals surface area (Å²) in [5.74, 6) is 0.632. The SMILES string of the molecule is C[C@H]1CCCc2sc(N)nc21. The summed E-state index contributed by atoms with van der Waals surface area (Å²) in [7, 11) is 0. The lowest BCUT2D eigenvalue weighted by Gasteiger charge is -2.15. The molecule has 0 aliphatic heterocycles. The molecule has 60 valence electrons. The molecule has 2 nitrogen and oxygen atoms in total. The molecule has 0 amide bonds. The molecule has 1 aromatic rings. The van der Waals surface area contributed by atoms with Crippen LogP contribution in [0.5, 0.6) is 0 Å². The van der Waals surface area contributed by atoms with Crippen LogP contribution >= 0.6 is 11.3 Å². The molecule has 1 aromatic heterocycles. The Bertz CT molecular complexity index is 267. The van der Waals surface area contributed by atoms with E-state index in [-0.39, 0.29) is 0 Å². The third kappa shape index (κ3) is 1.13. The first-order chi connectivity index (χ1) is 5.27. The van der Waals surface area contributed by atoms with Crippen molar-refractivity contribution in [2.75, 3.05) is 5.73 Å². The first-order valence-electron chi connectivity index (χ1n) is 4.02. The van der Waals surface area contributed by atoms with Crippen molar-refractivity contribution < 1.29 is 0 Å². The van der Waals surface area contributed by atoms with Crippen LogP contribution in [0.25, 0.3) is 0 Å². The number of thiazole rings is 1. The summed E-state index contributed by atoms with van der Waals surface area (Å²) < 4.78 is 0. The Morgan fingerprint density at radius 3 is 3.18 bits per heavy atom. The van der Waals surface area contributed by atoms with Gasteiger partial charge >= 0.3 is 0 Å². The molecule has 2 rings (SSSR count). The molecule has 1 aliphatic carbocycles. The lowest BCUT2D eigenvalue weighted by molar-refractivity contribution is 0.584. The van der Waals surface area contributed by atoms with Crippen LogP contribution in [0.2, 0.25) is 0 Å².